The summed E-state index contributed by atoms with van der Waals surface area (Å²) in [5.74, 6) is 1.19. The molecule has 2 aromatic rings. The highest BCUT2D eigenvalue weighted by Crippen LogP contribution is 2.29. The molecule has 0 spiro atoms. The third-order valence-corrected chi connectivity index (χ3v) is 6.05. The van der Waals surface area contributed by atoms with Crippen LogP contribution in [0.2, 0.25) is 0 Å². The number of carbonyl (C=O) groups excluding carboxylic acids is 1. The van der Waals surface area contributed by atoms with Gasteiger partial charge in [-0.15, -0.1) is 0 Å². The lowest BCUT2D eigenvalue weighted by Crippen LogP contribution is -2.08. The fourth-order valence-electron chi connectivity index (χ4n) is 3.79. The van der Waals surface area contributed by atoms with E-state index in [-0.39, 0.29) is 5.97 Å². The highest BCUT2D eigenvalue weighted by atomic mass is 16.5. The number of nitrogens with zero attached hydrogens (tertiary/aromatic N) is 1. The Morgan fingerprint density at radius 2 is 1.74 bits per heavy atom. The normalized spacial score (nSPS) is 12.0. The van der Waals surface area contributed by atoms with Gasteiger partial charge in [0.1, 0.15) is 5.75 Å². The van der Waals surface area contributed by atoms with Crippen molar-refractivity contribution in [3.05, 3.63) is 48.2 Å². The summed E-state index contributed by atoms with van der Waals surface area (Å²) < 4.78 is 5.73. The Bertz CT molecular complexity index is 771. The van der Waals surface area contributed by atoms with E-state index in [9.17, 15) is 4.79 Å². The average molecular weight is 424 g/mol. The van der Waals surface area contributed by atoms with Gasteiger partial charge in [0.05, 0.1) is 5.69 Å². The van der Waals surface area contributed by atoms with Crippen molar-refractivity contribution in [1.82, 2.24) is 4.98 Å². The third-order valence-electron chi connectivity index (χ3n) is 6.05. The number of hydrogen-bond acceptors (Lipinski definition) is 3. The van der Waals surface area contributed by atoms with Crippen LogP contribution in [0.3, 0.4) is 0 Å². The van der Waals surface area contributed by atoms with Crippen LogP contribution in [-0.4, -0.2) is 11.0 Å². The molecule has 0 aliphatic rings. The van der Waals surface area contributed by atoms with E-state index < -0.39 is 0 Å². The minimum Gasteiger partial charge on any atom is -0.426 e. The molecule has 1 aromatic heterocycles. The Morgan fingerprint density at radius 1 is 0.968 bits per heavy atom. The highest BCUT2D eigenvalue weighted by Gasteiger charge is 2.12. The number of carbonyl (C=O) groups is 1. The van der Waals surface area contributed by atoms with Crippen molar-refractivity contribution in [2.75, 3.05) is 0 Å². The Balaban J connectivity index is 1.91. The molecule has 0 fully saturated rings. The van der Waals surface area contributed by atoms with E-state index in [1.807, 2.05) is 30.5 Å². The second-order valence-corrected chi connectivity index (χ2v) is 8.80. The summed E-state index contributed by atoms with van der Waals surface area (Å²) in [6.45, 7) is 6.73. The van der Waals surface area contributed by atoms with Gasteiger partial charge in [-0.2, -0.15) is 0 Å². The second-order valence-electron chi connectivity index (χ2n) is 8.80. The SMILES string of the molecule is CCCCCCCCc1ccnc(-c2ccccc2OC(=O)CCCCC(C)CC)c1. The first kappa shape index (κ1) is 25.1. The monoisotopic (exact) mass is 423 g/mol. The first-order chi connectivity index (χ1) is 15.1. The fraction of sp³-hybridized carbons (Fsp3) is 0.571. The van der Waals surface area contributed by atoms with E-state index >= 15 is 0 Å². The number of esters is 1. The molecule has 0 radical (unpaired) electrons. The lowest BCUT2D eigenvalue weighted by molar-refractivity contribution is -0.134. The number of hydrogen-bond donors (Lipinski definition) is 0. The predicted molar refractivity (Wildman–Crippen MR) is 130 cm³/mol. The van der Waals surface area contributed by atoms with Crippen LogP contribution in [0.1, 0.15) is 97.0 Å². The van der Waals surface area contributed by atoms with Gasteiger partial charge in [-0.05, 0) is 55.0 Å². The zero-order chi connectivity index (χ0) is 22.3. The van der Waals surface area contributed by atoms with Crippen molar-refractivity contribution in [3.63, 3.8) is 0 Å². The quantitative estimate of drug-likeness (QED) is 0.165. The zero-order valence-corrected chi connectivity index (χ0v) is 19.9. The molecule has 1 atom stereocenters. The molecule has 31 heavy (non-hydrogen) atoms. The van der Waals surface area contributed by atoms with E-state index in [1.54, 1.807) is 0 Å². The van der Waals surface area contributed by atoms with Crippen LogP contribution in [0, 0.1) is 5.92 Å². The van der Waals surface area contributed by atoms with Gasteiger partial charge >= 0.3 is 5.97 Å². The minimum absolute atomic E-state index is 0.153. The van der Waals surface area contributed by atoms with Gasteiger partial charge in [0.2, 0.25) is 0 Å². The molecule has 1 unspecified atom stereocenters. The summed E-state index contributed by atoms with van der Waals surface area (Å²) in [4.78, 5) is 16.9. The van der Waals surface area contributed by atoms with Crippen LogP contribution in [0.5, 0.6) is 5.75 Å². The Hall–Kier alpha value is -2.16. The standard InChI is InChI=1S/C28H41NO2/c1-4-6-7-8-9-10-16-24-20-21-29-26(22-24)25-17-12-13-18-27(25)31-28(30)19-14-11-15-23(3)5-2/h12-13,17-18,20-23H,4-11,14-16,19H2,1-3H3. The number of rotatable bonds is 15. The van der Waals surface area contributed by atoms with Gasteiger partial charge in [-0.1, -0.05) is 84.3 Å². The summed E-state index contributed by atoms with van der Waals surface area (Å²) in [5.41, 5.74) is 3.07. The van der Waals surface area contributed by atoms with Gasteiger partial charge < -0.3 is 4.74 Å². The van der Waals surface area contributed by atoms with Crippen molar-refractivity contribution >= 4 is 5.97 Å². The van der Waals surface area contributed by atoms with Crippen LogP contribution in [0.4, 0.5) is 0 Å². The maximum absolute atomic E-state index is 12.4. The van der Waals surface area contributed by atoms with Crippen molar-refractivity contribution < 1.29 is 9.53 Å². The summed E-state index contributed by atoms with van der Waals surface area (Å²) >= 11 is 0. The maximum Gasteiger partial charge on any atom is 0.311 e. The number of ether oxygens (including phenoxy) is 1. The van der Waals surface area contributed by atoms with Gasteiger partial charge in [-0.3, -0.25) is 9.78 Å². The van der Waals surface area contributed by atoms with Crippen LogP contribution >= 0.6 is 0 Å². The molecule has 3 nitrogen and oxygen atoms in total. The number of aryl methyl sites for hydroxylation is 1. The Labute approximate surface area is 189 Å². The number of pyridine rings is 1. The van der Waals surface area contributed by atoms with Crippen molar-refractivity contribution in [2.24, 2.45) is 5.92 Å². The first-order valence-corrected chi connectivity index (χ1v) is 12.4. The summed E-state index contributed by atoms with van der Waals surface area (Å²) in [5, 5.41) is 0. The minimum atomic E-state index is -0.153. The Kier molecular flexibility index (Phi) is 12.0. The predicted octanol–water partition coefficient (Wildman–Crippen LogP) is 8.16. The molecular formula is C28H41NO2. The maximum atomic E-state index is 12.4. The number of unbranched alkanes of at least 4 members (excludes halogenated alkanes) is 6. The second kappa shape index (κ2) is 14.8. The van der Waals surface area contributed by atoms with Crippen LogP contribution in [0.15, 0.2) is 42.6 Å². The van der Waals surface area contributed by atoms with Gasteiger partial charge in [-0.25, -0.2) is 0 Å². The number of benzene rings is 1. The van der Waals surface area contributed by atoms with Crippen molar-refractivity contribution in [2.45, 2.75) is 97.8 Å². The molecule has 0 saturated heterocycles. The first-order valence-electron chi connectivity index (χ1n) is 12.4. The molecule has 0 saturated carbocycles. The van der Waals surface area contributed by atoms with Crippen LogP contribution in [-0.2, 0) is 11.2 Å². The summed E-state index contributed by atoms with van der Waals surface area (Å²) in [6, 6.07) is 12.0. The van der Waals surface area contributed by atoms with Crippen LogP contribution in [0.25, 0.3) is 11.3 Å². The molecule has 1 heterocycles. The molecular weight excluding hydrogens is 382 g/mol. The molecule has 0 bridgehead atoms. The van der Waals surface area contributed by atoms with E-state index in [2.05, 4.69) is 37.9 Å². The highest BCUT2D eigenvalue weighted by molar-refractivity contribution is 5.77. The molecule has 170 valence electrons. The fourth-order valence-corrected chi connectivity index (χ4v) is 3.79. The average Bonchev–Trinajstić information content (AvgIpc) is 2.79. The molecule has 1 aromatic carbocycles. The lowest BCUT2D eigenvalue weighted by Gasteiger charge is -2.11. The zero-order valence-electron chi connectivity index (χ0n) is 19.9. The number of aromatic nitrogens is 1. The Morgan fingerprint density at radius 3 is 2.55 bits per heavy atom. The van der Waals surface area contributed by atoms with Gasteiger partial charge in [0.15, 0.2) is 0 Å². The molecule has 0 N–H and O–H groups in total. The summed E-state index contributed by atoms with van der Waals surface area (Å²) in [6.07, 6.45) is 15.5. The lowest BCUT2D eigenvalue weighted by atomic mass is 10.0. The van der Waals surface area contributed by atoms with Crippen molar-refractivity contribution in [1.29, 1.82) is 0 Å². The number of para-hydroxylation sites is 1. The topological polar surface area (TPSA) is 39.2 Å². The van der Waals surface area contributed by atoms with Gasteiger partial charge in [0.25, 0.3) is 0 Å². The van der Waals surface area contributed by atoms with E-state index in [0.717, 1.165) is 36.4 Å². The molecule has 3 heteroatoms. The third kappa shape index (κ3) is 9.67. The molecule has 2 rings (SSSR count). The van der Waals surface area contributed by atoms with E-state index in [0.29, 0.717) is 12.2 Å². The van der Waals surface area contributed by atoms with E-state index in [4.69, 9.17) is 4.74 Å². The molecule has 0 aliphatic heterocycles. The van der Waals surface area contributed by atoms with E-state index in [1.165, 1.54) is 56.9 Å². The van der Waals surface area contributed by atoms with Gasteiger partial charge in [0, 0.05) is 18.2 Å². The van der Waals surface area contributed by atoms with Crippen LogP contribution < -0.4 is 4.74 Å². The molecule has 0 amide bonds. The molecule has 0 aliphatic carbocycles. The van der Waals surface area contributed by atoms with Crippen molar-refractivity contribution in [3.8, 4) is 17.0 Å². The largest absolute Gasteiger partial charge is 0.426 e. The summed E-state index contributed by atoms with van der Waals surface area (Å²) in [7, 11) is 0. The smallest absolute Gasteiger partial charge is 0.311 e.